The first-order chi connectivity index (χ1) is 34.6. The molecule has 11 aromatic rings. The molecule has 4 heterocycles. The minimum absolute atomic E-state index is 0. The van der Waals surface area contributed by atoms with Gasteiger partial charge in [-0.05, 0) is 103 Å². The normalized spacial score (nSPS) is 13.1. The Morgan fingerprint density at radius 2 is 1.05 bits per heavy atom. The monoisotopic (exact) mass is 1130 g/mol. The zero-order chi connectivity index (χ0) is 49.7. The average Bonchev–Trinajstić information content (AvgIpc) is 4.04. The van der Waals surface area contributed by atoms with Gasteiger partial charge in [-0.25, -0.2) is 4.98 Å². The molecule has 0 atom stereocenters. The van der Waals surface area contributed by atoms with Gasteiger partial charge in [0, 0.05) is 83.7 Å². The van der Waals surface area contributed by atoms with Gasteiger partial charge < -0.3 is 23.7 Å². The third-order valence-electron chi connectivity index (χ3n) is 14.3. The van der Waals surface area contributed by atoms with Gasteiger partial charge >= 0.3 is 0 Å². The molecule has 0 saturated carbocycles. The number of hydrogen-bond donors (Lipinski definition) is 0. The standard InChI is InChI=1S/C66H58N5O.Pt/c1-64(2,3)45-33-34-67-60(38-45)71-57-32-20-31-56-61(57)62-58(70(56)48-23-14-11-15-24-48)40-51(41-59(62)71)72-50-26-18-25-49(39-50)68-42-69(55-30-17-16-29-54(55)68)63-52(43-21-12-10-13-22-43)27-19-28-53(63)44-35-46(65(4,5)6)37-47(36-44)66(7,8)9;/h10-38,40,42H,1-9H3;/q-3;. The third kappa shape index (κ3) is 8.40. The quantitative estimate of drug-likeness (QED) is 0.142. The number of benzene rings is 8. The van der Waals surface area contributed by atoms with Crippen LogP contribution in [0.1, 0.15) is 79.0 Å². The van der Waals surface area contributed by atoms with Crippen LogP contribution < -0.4 is 14.5 Å². The van der Waals surface area contributed by atoms with Crippen molar-refractivity contribution in [2.75, 3.05) is 9.80 Å². The number of anilines is 4. The Morgan fingerprint density at radius 1 is 0.466 bits per heavy atom. The molecule has 0 spiro atoms. The smallest absolute Gasteiger partial charge is 0.135 e. The number of hydrogen-bond acceptors (Lipinski definition) is 4. The van der Waals surface area contributed by atoms with Gasteiger partial charge in [0.15, 0.2) is 0 Å². The maximum Gasteiger partial charge on any atom is 0.135 e. The molecule has 1 aliphatic heterocycles. The van der Waals surface area contributed by atoms with Crippen molar-refractivity contribution in [3.05, 3.63) is 218 Å². The summed E-state index contributed by atoms with van der Waals surface area (Å²) in [4.78, 5) is 9.58. The Morgan fingerprint density at radius 3 is 1.73 bits per heavy atom. The zero-order valence-corrected chi connectivity index (χ0v) is 45.1. The van der Waals surface area contributed by atoms with Gasteiger partial charge in [-0.3, -0.25) is 0 Å². The molecule has 0 radical (unpaired) electrons. The molecule has 3 aromatic heterocycles. The van der Waals surface area contributed by atoms with Crippen molar-refractivity contribution >= 4 is 55.6 Å². The van der Waals surface area contributed by atoms with Crippen LogP contribution in [0.5, 0.6) is 11.5 Å². The first kappa shape index (κ1) is 47.9. The number of pyridine rings is 1. The van der Waals surface area contributed by atoms with Gasteiger partial charge in [-0.2, -0.15) is 6.07 Å². The molecule has 6 nitrogen and oxygen atoms in total. The van der Waals surface area contributed by atoms with Crippen molar-refractivity contribution in [2.24, 2.45) is 0 Å². The van der Waals surface area contributed by atoms with Crippen molar-refractivity contribution in [3.63, 3.8) is 0 Å². The van der Waals surface area contributed by atoms with E-state index in [0.29, 0.717) is 11.5 Å². The van der Waals surface area contributed by atoms with Gasteiger partial charge in [0.2, 0.25) is 0 Å². The van der Waals surface area contributed by atoms with E-state index in [1.54, 1.807) is 0 Å². The topological polar surface area (TPSA) is 38.5 Å². The second-order valence-electron chi connectivity index (χ2n) is 22.3. The van der Waals surface area contributed by atoms with E-state index < -0.39 is 0 Å². The number of fused-ring (bicyclic) bond motifs is 1. The number of para-hydroxylation sites is 4. The first-order valence-corrected chi connectivity index (χ1v) is 25.0. The summed E-state index contributed by atoms with van der Waals surface area (Å²) in [5.41, 5.74) is 17.6. The molecule has 366 valence electrons. The van der Waals surface area contributed by atoms with Gasteiger partial charge in [0.25, 0.3) is 0 Å². The molecule has 0 amide bonds. The van der Waals surface area contributed by atoms with Gasteiger partial charge in [-0.1, -0.05) is 176 Å². The van der Waals surface area contributed by atoms with Gasteiger partial charge in [0.05, 0.1) is 0 Å². The van der Waals surface area contributed by atoms with Gasteiger partial charge in [0.1, 0.15) is 5.82 Å². The third-order valence-corrected chi connectivity index (χ3v) is 14.3. The predicted molar refractivity (Wildman–Crippen MR) is 299 cm³/mol. The van der Waals surface area contributed by atoms with E-state index in [1.807, 2.05) is 18.3 Å². The Balaban J connectivity index is 0.00000574. The van der Waals surface area contributed by atoms with Crippen LogP contribution in [0.3, 0.4) is 0 Å². The minimum Gasteiger partial charge on any atom is -0.509 e. The fourth-order valence-corrected chi connectivity index (χ4v) is 10.5. The SMILES string of the molecule is CC(C)(C)c1cc(-c2cccc(-c3ccccc3)c2N2[CH-]N(c3[c-]c(Oc4[c-]c5c6c7c(cccc7n(-c7ccccc7)c6c4)n5-c4cc(C(C)(C)C)ccn4)ccc3)c3ccccc32)cc(C(C)(C)C)c1.[Pt]. The van der Waals surface area contributed by atoms with E-state index in [1.165, 1.54) is 27.6 Å². The summed E-state index contributed by atoms with van der Waals surface area (Å²) >= 11 is 0. The molecule has 0 bridgehead atoms. The molecule has 8 aromatic carbocycles. The molecule has 1 aliphatic rings. The van der Waals surface area contributed by atoms with Crippen molar-refractivity contribution in [1.29, 1.82) is 0 Å². The molecule has 0 unspecified atom stereocenters. The molecule has 0 aliphatic carbocycles. The van der Waals surface area contributed by atoms with Crippen LogP contribution >= 0.6 is 0 Å². The van der Waals surface area contributed by atoms with Crippen LogP contribution in [0.25, 0.3) is 66.6 Å². The Labute approximate surface area is 444 Å². The number of ether oxygens (including phenoxy) is 1. The zero-order valence-electron chi connectivity index (χ0n) is 42.9. The fraction of sp³-hybridized carbons (Fsp3) is 0.182. The summed E-state index contributed by atoms with van der Waals surface area (Å²) in [6, 6.07) is 70.5. The van der Waals surface area contributed by atoms with Crippen molar-refractivity contribution in [2.45, 2.75) is 78.6 Å². The second-order valence-corrected chi connectivity index (χ2v) is 22.3. The minimum atomic E-state index is -0.0567. The summed E-state index contributed by atoms with van der Waals surface area (Å²) in [7, 11) is 0. The molecule has 0 saturated heterocycles. The molecular formula is C66H58N5OPt-3. The molecule has 0 N–H and O–H groups in total. The van der Waals surface area contributed by atoms with Crippen LogP contribution in [-0.4, -0.2) is 14.1 Å². The summed E-state index contributed by atoms with van der Waals surface area (Å²) in [6.07, 6.45) is 1.92. The van der Waals surface area contributed by atoms with Crippen LogP contribution in [0.2, 0.25) is 0 Å². The largest absolute Gasteiger partial charge is 0.509 e. The van der Waals surface area contributed by atoms with Crippen LogP contribution in [0.15, 0.2) is 182 Å². The summed E-state index contributed by atoms with van der Waals surface area (Å²) in [6.45, 7) is 22.8. The Hall–Kier alpha value is -7.40. The van der Waals surface area contributed by atoms with E-state index >= 15 is 0 Å². The summed E-state index contributed by atoms with van der Waals surface area (Å²) in [5.74, 6) is 2.02. The van der Waals surface area contributed by atoms with E-state index in [2.05, 4.69) is 264 Å². The molecule has 73 heavy (non-hydrogen) atoms. The number of nitrogens with zero attached hydrogens (tertiary/aromatic N) is 5. The van der Waals surface area contributed by atoms with Crippen molar-refractivity contribution in [1.82, 2.24) is 14.1 Å². The first-order valence-electron chi connectivity index (χ1n) is 25.0. The summed E-state index contributed by atoms with van der Waals surface area (Å²) in [5, 5.41) is 2.29. The van der Waals surface area contributed by atoms with Crippen LogP contribution in [0, 0.1) is 18.8 Å². The van der Waals surface area contributed by atoms with E-state index in [9.17, 15) is 0 Å². The molecule has 12 rings (SSSR count). The fourth-order valence-electron chi connectivity index (χ4n) is 10.5. The second kappa shape index (κ2) is 18.0. The summed E-state index contributed by atoms with van der Waals surface area (Å²) < 4.78 is 11.6. The van der Waals surface area contributed by atoms with Crippen molar-refractivity contribution < 1.29 is 25.8 Å². The van der Waals surface area contributed by atoms with Crippen LogP contribution in [-0.2, 0) is 37.3 Å². The van der Waals surface area contributed by atoms with E-state index in [4.69, 9.17) is 9.72 Å². The maximum absolute atomic E-state index is 6.97. The molecular weight excluding hydrogens is 1070 g/mol. The average molecular weight is 1130 g/mol. The Bertz CT molecular complexity index is 3800. The van der Waals surface area contributed by atoms with E-state index in [0.717, 1.165) is 78.4 Å². The maximum atomic E-state index is 6.97. The van der Waals surface area contributed by atoms with Crippen LogP contribution in [0.4, 0.5) is 22.7 Å². The van der Waals surface area contributed by atoms with Crippen molar-refractivity contribution in [3.8, 4) is 45.3 Å². The van der Waals surface area contributed by atoms with E-state index in [-0.39, 0.29) is 37.3 Å². The predicted octanol–water partition coefficient (Wildman–Crippen LogP) is 17.6. The number of aromatic nitrogens is 3. The number of rotatable bonds is 8. The molecule has 7 heteroatoms. The Kier molecular flexibility index (Phi) is 11.8. The molecule has 0 fully saturated rings. The van der Waals surface area contributed by atoms with Gasteiger partial charge in [-0.15, -0.1) is 42.7 Å².